The van der Waals surface area contributed by atoms with Crippen LogP contribution in [0, 0.1) is 17.3 Å². The molecule has 0 aromatic rings. The minimum atomic E-state index is -0.647. The van der Waals surface area contributed by atoms with Gasteiger partial charge in [-0.25, -0.2) is 0 Å². The van der Waals surface area contributed by atoms with Gasteiger partial charge in [0.05, 0.1) is 13.2 Å². The van der Waals surface area contributed by atoms with E-state index in [2.05, 4.69) is 25.7 Å². The minimum Gasteiger partial charge on any atom is -0.480 e. The van der Waals surface area contributed by atoms with Crippen LogP contribution in [0.3, 0.4) is 0 Å². The Morgan fingerprint density at radius 1 is 1.15 bits per heavy atom. The molecular weight excluding hydrogens is 254 g/mol. The number of carboxylic acids is 1. The molecule has 0 radical (unpaired) electrons. The molecule has 2 rings (SSSR count). The standard InChI is InChI=1S/C16H29NO3/c1-16(2,3)13-6-4-12(5-7-13)14(15(18)19)17-8-10-20-11-9-17/h12-14H,4-11H2,1-3H3,(H,18,19). The van der Waals surface area contributed by atoms with Crippen molar-refractivity contribution in [3.8, 4) is 0 Å². The Morgan fingerprint density at radius 3 is 2.15 bits per heavy atom. The van der Waals surface area contributed by atoms with Gasteiger partial charge < -0.3 is 9.84 Å². The lowest BCUT2D eigenvalue weighted by Crippen LogP contribution is -2.51. The first-order valence-electron chi connectivity index (χ1n) is 7.94. The topological polar surface area (TPSA) is 49.8 Å². The van der Waals surface area contributed by atoms with Crippen LogP contribution in [0.4, 0.5) is 0 Å². The maximum absolute atomic E-state index is 11.7. The van der Waals surface area contributed by atoms with E-state index >= 15 is 0 Å². The van der Waals surface area contributed by atoms with E-state index in [0.29, 0.717) is 24.5 Å². The Balaban J connectivity index is 1.96. The normalized spacial score (nSPS) is 30.9. The highest BCUT2D eigenvalue weighted by molar-refractivity contribution is 5.74. The van der Waals surface area contributed by atoms with Gasteiger partial charge in [0.1, 0.15) is 6.04 Å². The molecular formula is C16H29NO3. The first kappa shape index (κ1) is 15.8. The molecule has 1 saturated carbocycles. The number of hydrogen-bond donors (Lipinski definition) is 1. The van der Waals surface area contributed by atoms with Crippen LogP contribution < -0.4 is 0 Å². The molecule has 4 nitrogen and oxygen atoms in total. The molecule has 4 heteroatoms. The van der Waals surface area contributed by atoms with Crippen molar-refractivity contribution in [1.82, 2.24) is 4.90 Å². The summed E-state index contributed by atoms with van der Waals surface area (Å²) in [5.41, 5.74) is 0.350. The van der Waals surface area contributed by atoms with Gasteiger partial charge in [-0.3, -0.25) is 9.69 Å². The third-order valence-corrected chi connectivity index (χ3v) is 5.14. The molecule has 1 aliphatic heterocycles. The van der Waals surface area contributed by atoms with Crippen molar-refractivity contribution in [3.63, 3.8) is 0 Å². The zero-order chi connectivity index (χ0) is 14.8. The van der Waals surface area contributed by atoms with Crippen molar-refractivity contribution in [2.45, 2.75) is 52.5 Å². The summed E-state index contributed by atoms with van der Waals surface area (Å²) in [7, 11) is 0. The highest BCUT2D eigenvalue weighted by Gasteiger charge is 2.38. The number of aliphatic carboxylic acids is 1. The summed E-state index contributed by atoms with van der Waals surface area (Å²) in [5.74, 6) is 0.396. The van der Waals surface area contributed by atoms with Gasteiger partial charge in [-0.1, -0.05) is 20.8 Å². The number of morpholine rings is 1. The van der Waals surface area contributed by atoms with Crippen molar-refractivity contribution in [2.75, 3.05) is 26.3 Å². The van der Waals surface area contributed by atoms with Crippen LogP contribution in [-0.4, -0.2) is 48.3 Å². The highest BCUT2D eigenvalue weighted by atomic mass is 16.5. The number of rotatable bonds is 3. The first-order chi connectivity index (χ1) is 9.39. The van der Waals surface area contributed by atoms with Crippen molar-refractivity contribution in [2.24, 2.45) is 17.3 Å². The van der Waals surface area contributed by atoms with Crippen LogP contribution in [0.1, 0.15) is 46.5 Å². The molecule has 0 spiro atoms. The lowest BCUT2D eigenvalue weighted by atomic mass is 9.68. The van der Waals surface area contributed by atoms with Crippen molar-refractivity contribution < 1.29 is 14.6 Å². The highest BCUT2D eigenvalue weighted by Crippen LogP contribution is 2.41. The quantitative estimate of drug-likeness (QED) is 0.865. The molecule has 1 N–H and O–H groups in total. The molecule has 0 bridgehead atoms. The van der Waals surface area contributed by atoms with Crippen LogP contribution in [0.15, 0.2) is 0 Å². The van der Waals surface area contributed by atoms with Gasteiger partial charge in [-0.05, 0) is 42.9 Å². The molecule has 0 aromatic carbocycles. The number of carbonyl (C=O) groups is 1. The third kappa shape index (κ3) is 3.73. The smallest absolute Gasteiger partial charge is 0.321 e. The second kappa shape index (κ2) is 6.44. The fraction of sp³-hybridized carbons (Fsp3) is 0.938. The van der Waals surface area contributed by atoms with E-state index in [1.54, 1.807) is 0 Å². The average molecular weight is 283 g/mol. The predicted molar refractivity (Wildman–Crippen MR) is 78.7 cm³/mol. The lowest BCUT2D eigenvalue weighted by Gasteiger charge is -2.42. The molecule has 2 fully saturated rings. The summed E-state index contributed by atoms with van der Waals surface area (Å²) in [6, 6.07) is -0.306. The van der Waals surface area contributed by atoms with E-state index in [0.717, 1.165) is 31.8 Å². The largest absolute Gasteiger partial charge is 0.480 e. The number of nitrogens with zero attached hydrogens (tertiary/aromatic N) is 1. The summed E-state index contributed by atoms with van der Waals surface area (Å²) >= 11 is 0. The second-order valence-electron chi connectivity index (χ2n) is 7.41. The molecule has 1 saturated heterocycles. The Bertz CT molecular complexity index is 323. The number of carboxylic acid groups (broad SMARTS) is 1. The average Bonchev–Trinajstić information content (AvgIpc) is 2.39. The molecule has 1 heterocycles. The van der Waals surface area contributed by atoms with Crippen LogP contribution in [0.2, 0.25) is 0 Å². The maximum atomic E-state index is 11.7. The van der Waals surface area contributed by atoms with Gasteiger partial charge >= 0.3 is 5.97 Å². The van der Waals surface area contributed by atoms with E-state index < -0.39 is 5.97 Å². The minimum absolute atomic E-state index is 0.306. The van der Waals surface area contributed by atoms with Gasteiger partial charge in [0, 0.05) is 13.1 Å². The SMILES string of the molecule is CC(C)(C)C1CCC(C(C(=O)O)N2CCOCC2)CC1. The van der Waals surface area contributed by atoms with Crippen LogP contribution >= 0.6 is 0 Å². The molecule has 1 aliphatic carbocycles. The van der Waals surface area contributed by atoms with Gasteiger partial charge in [-0.15, -0.1) is 0 Å². The van der Waals surface area contributed by atoms with Crippen LogP contribution in [-0.2, 0) is 9.53 Å². The zero-order valence-electron chi connectivity index (χ0n) is 13.1. The predicted octanol–water partition coefficient (Wildman–Crippen LogP) is 2.62. The summed E-state index contributed by atoms with van der Waals surface area (Å²) in [5, 5.41) is 9.62. The Labute approximate surface area is 122 Å². The molecule has 0 aromatic heterocycles. The molecule has 1 atom stereocenters. The van der Waals surface area contributed by atoms with Gasteiger partial charge in [0.15, 0.2) is 0 Å². The summed E-state index contributed by atoms with van der Waals surface area (Å²) in [6.45, 7) is 9.76. The fourth-order valence-corrected chi connectivity index (χ4v) is 3.81. The summed E-state index contributed by atoms with van der Waals surface area (Å²) < 4.78 is 5.34. The molecule has 2 aliphatic rings. The van der Waals surface area contributed by atoms with Gasteiger partial charge in [-0.2, -0.15) is 0 Å². The van der Waals surface area contributed by atoms with Crippen LogP contribution in [0.25, 0.3) is 0 Å². The second-order valence-corrected chi connectivity index (χ2v) is 7.41. The molecule has 20 heavy (non-hydrogen) atoms. The zero-order valence-corrected chi connectivity index (χ0v) is 13.1. The van der Waals surface area contributed by atoms with Crippen molar-refractivity contribution in [3.05, 3.63) is 0 Å². The lowest BCUT2D eigenvalue weighted by molar-refractivity contribution is -0.148. The van der Waals surface area contributed by atoms with Crippen molar-refractivity contribution >= 4 is 5.97 Å². The van der Waals surface area contributed by atoms with E-state index in [9.17, 15) is 9.90 Å². The molecule has 1 unspecified atom stereocenters. The van der Waals surface area contributed by atoms with E-state index in [4.69, 9.17) is 4.74 Å². The first-order valence-corrected chi connectivity index (χ1v) is 7.94. The monoisotopic (exact) mass is 283 g/mol. The van der Waals surface area contributed by atoms with Gasteiger partial charge in [0.25, 0.3) is 0 Å². The molecule has 116 valence electrons. The number of ether oxygens (including phenoxy) is 1. The Hall–Kier alpha value is -0.610. The van der Waals surface area contributed by atoms with E-state index in [1.165, 1.54) is 12.8 Å². The van der Waals surface area contributed by atoms with E-state index in [-0.39, 0.29) is 6.04 Å². The Morgan fingerprint density at radius 2 is 1.70 bits per heavy atom. The summed E-state index contributed by atoms with van der Waals surface area (Å²) in [6.07, 6.45) is 4.44. The molecule has 0 amide bonds. The van der Waals surface area contributed by atoms with E-state index in [1.807, 2.05) is 0 Å². The summed E-state index contributed by atoms with van der Waals surface area (Å²) in [4.78, 5) is 13.8. The fourth-order valence-electron chi connectivity index (χ4n) is 3.81. The maximum Gasteiger partial charge on any atom is 0.321 e. The third-order valence-electron chi connectivity index (χ3n) is 5.14. The number of hydrogen-bond acceptors (Lipinski definition) is 3. The van der Waals surface area contributed by atoms with Gasteiger partial charge in [0.2, 0.25) is 0 Å². The Kier molecular flexibility index (Phi) is 5.08. The van der Waals surface area contributed by atoms with Crippen LogP contribution in [0.5, 0.6) is 0 Å². The van der Waals surface area contributed by atoms with Crippen molar-refractivity contribution in [1.29, 1.82) is 0 Å².